The molecule has 4 nitrogen and oxygen atoms in total. The Morgan fingerprint density at radius 3 is 3.15 bits per heavy atom. The smallest absolute Gasteiger partial charge is 0.271 e. The van der Waals surface area contributed by atoms with Gasteiger partial charge in [-0.15, -0.1) is 0 Å². The Hall–Kier alpha value is -1.03. The van der Waals surface area contributed by atoms with E-state index in [0.29, 0.717) is 5.82 Å². The van der Waals surface area contributed by atoms with E-state index in [1.165, 1.54) is 19.2 Å². The first-order chi connectivity index (χ1) is 6.27. The van der Waals surface area contributed by atoms with Gasteiger partial charge in [-0.2, -0.15) is 0 Å². The minimum Gasteiger partial charge on any atom is -0.368 e. The van der Waals surface area contributed by atoms with Crippen molar-refractivity contribution in [2.45, 2.75) is 12.8 Å². The third kappa shape index (κ3) is 2.01. The quantitative estimate of drug-likeness (QED) is 0.770. The molecule has 0 saturated heterocycles. The molecule has 1 aromatic rings. The minimum atomic E-state index is -0.296. The summed E-state index contributed by atoms with van der Waals surface area (Å²) in [5.74, 6) is 1.22. The second-order valence-corrected chi connectivity index (χ2v) is 3.60. The van der Waals surface area contributed by atoms with Gasteiger partial charge < -0.3 is 10.3 Å². The van der Waals surface area contributed by atoms with Gasteiger partial charge in [0.15, 0.2) is 5.82 Å². The molecule has 0 amide bonds. The van der Waals surface area contributed by atoms with Crippen molar-refractivity contribution in [3.8, 4) is 0 Å². The van der Waals surface area contributed by atoms with Crippen LogP contribution in [0.5, 0.6) is 0 Å². The van der Waals surface area contributed by atoms with E-state index in [1.807, 2.05) is 0 Å². The lowest BCUT2D eigenvalue weighted by molar-refractivity contribution is 0.880. The van der Waals surface area contributed by atoms with E-state index < -0.39 is 0 Å². The number of nitrogens with one attached hydrogen (secondary N) is 2. The SMILES string of the molecule is O=c1[nH]cnc(NCC2CC2)c1Cl. The molecule has 0 atom stereocenters. The number of anilines is 1. The maximum absolute atomic E-state index is 11.0. The van der Waals surface area contributed by atoms with Crippen LogP contribution in [0.3, 0.4) is 0 Å². The first-order valence-electron chi connectivity index (χ1n) is 4.24. The fraction of sp³-hybridized carbons (Fsp3) is 0.500. The molecule has 70 valence electrons. The van der Waals surface area contributed by atoms with Gasteiger partial charge in [0.1, 0.15) is 5.02 Å². The number of aromatic amines is 1. The van der Waals surface area contributed by atoms with Gasteiger partial charge >= 0.3 is 0 Å². The monoisotopic (exact) mass is 199 g/mol. The maximum atomic E-state index is 11.0. The summed E-state index contributed by atoms with van der Waals surface area (Å²) in [6.07, 6.45) is 3.87. The molecule has 5 heteroatoms. The van der Waals surface area contributed by atoms with E-state index in [0.717, 1.165) is 12.5 Å². The molecule has 0 spiro atoms. The average Bonchev–Trinajstić information content (AvgIpc) is 2.91. The molecule has 1 heterocycles. The standard InChI is InChI=1S/C8H10ClN3O/c9-6-7(10-3-5-1-2-5)11-4-12-8(6)13/h4-5H,1-3H2,(H2,10,11,12,13). The minimum absolute atomic E-state index is 0.142. The van der Waals surface area contributed by atoms with Crippen molar-refractivity contribution in [3.05, 3.63) is 21.7 Å². The fourth-order valence-electron chi connectivity index (χ4n) is 1.07. The van der Waals surface area contributed by atoms with Crippen LogP contribution in [0.4, 0.5) is 5.82 Å². The lowest BCUT2D eigenvalue weighted by Crippen LogP contribution is -2.13. The van der Waals surface area contributed by atoms with Crippen LogP contribution in [-0.2, 0) is 0 Å². The van der Waals surface area contributed by atoms with Crippen molar-refractivity contribution >= 4 is 17.4 Å². The lowest BCUT2D eigenvalue weighted by atomic mass is 10.4. The highest BCUT2D eigenvalue weighted by atomic mass is 35.5. The zero-order chi connectivity index (χ0) is 9.26. The summed E-state index contributed by atoms with van der Waals surface area (Å²) in [4.78, 5) is 17.4. The Bertz CT molecular complexity index is 359. The van der Waals surface area contributed by atoms with E-state index in [-0.39, 0.29) is 10.6 Å². The van der Waals surface area contributed by atoms with Crippen molar-refractivity contribution in [1.82, 2.24) is 9.97 Å². The zero-order valence-corrected chi connectivity index (χ0v) is 7.77. The highest BCUT2D eigenvalue weighted by Crippen LogP contribution is 2.29. The average molecular weight is 200 g/mol. The third-order valence-corrected chi connectivity index (χ3v) is 2.40. The van der Waals surface area contributed by atoms with Gasteiger partial charge in [0, 0.05) is 6.54 Å². The van der Waals surface area contributed by atoms with Crippen LogP contribution in [0.2, 0.25) is 5.02 Å². The van der Waals surface area contributed by atoms with Crippen LogP contribution in [-0.4, -0.2) is 16.5 Å². The summed E-state index contributed by atoms with van der Waals surface area (Å²) in [5.41, 5.74) is -0.296. The summed E-state index contributed by atoms with van der Waals surface area (Å²) in [5, 5.41) is 3.19. The molecule has 0 radical (unpaired) electrons. The van der Waals surface area contributed by atoms with Crippen LogP contribution < -0.4 is 10.9 Å². The Morgan fingerprint density at radius 1 is 1.69 bits per heavy atom. The van der Waals surface area contributed by atoms with Crippen molar-refractivity contribution in [1.29, 1.82) is 0 Å². The molecule has 0 aromatic carbocycles. The first kappa shape index (κ1) is 8.56. The summed E-state index contributed by atoms with van der Waals surface area (Å²) in [7, 11) is 0. The number of hydrogen-bond acceptors (Lipinski definition) is 3. The predicted molar refractivity (Wildman–Crippen MR) is 51.1 cm³/mol. The van der Waals surface area contributed by atoms with Crippen molar-refractivity contribution < 1.29 is 0 Å². The largest absolute Gasteiger partial charge is 0.368 e. The second kappa shape index (κ2) is 3.38. The molecule has 0 unspecified atom stereocenters. The maximum Gasteiger partial charge on any atom is 0.271 e. The lowest BCUT2D eigenvalue weighted by Gasteiger charge is -2.04. The molecular weight excluding hydrogens is 190 g/mol. The van der Waals surface area contributed by atoms with E-state index >= 15 is 0 Å². The molecule has 1 aromatic heterocycles. The number of halogens is 1. The molecule has 1 aliphatic carbocycles. The molecule has 2 N–H and O–H groups in total. The summed E-state index contributed by atoms with van der Waals surface area (Å²) >= 11 is 5.73. The number of rotatable bonds is 3. The topological polar surface area (TPSA) is 57.8 Å². The van der Waals surface area contributed by atoms with Crippen LogP contribution in [0.15, 0.2) is 11.1 Å². The molecular formula is C8H10ClN3O. The first-order valence-corrected chi connectivity index (χ1v) is 4.62. The summed E-state index contributed by atoms with van der Waals surface area (Å²) in [6.45, 7) is 0.857. The van der Waals surface area contributed by atoms with Gasteiger partial charge in [-0.25, -0.2) is 4.98 Å². The highest BCUT2D eigenvalue weighted by Gasteiger charge is 2.21. The zero-order valence-electron chi connectivity index (χ0n) is 7.01. The summed E-state index contributed by atoms with van der Waals surface area (Å²) < 4.78 is 0. The van der Waals surface area contributed by atoms with Crippen LogP contribution in [0.1, 0.15) is 12.8 Å². The van der Waals surface area contributed by atoms with E-state index in [9.17, 15) is 4.79 Å². The number of aromatic nitrogens is 2. The Morgan fingerprint density at radius 2 is 2.46 bits per heavy atom. The predicted octanol–water partition coefficient (Wildman–Crippen LogP) is 1.25. The summed E-state index contributed by atoms with van der Waals surface area (Å²) in [6, 6.07) is 0. The molecule has 1 fully saturated rings. The molecule has 0 bridgehead atoms. The van der Waals surface area contributed by atoms with Gasteiger partial charge in [0.2, 0.25) is 0 Å². The molecule has 2 rings (SSSR count). The Balaban J connectivity index is 2.09. The van der Waals surface area contributed by atoms with Crippen molar-refractivity contribution in [2.75, 3.05) is 11.9 Å². The number of H-pyrrole nitrogens is 1. The second-order valence-electron chi connectivity index (χ2n) is 3.22. The molecule has 1 aliphatic rings. The third-order valence-electron chi connectivity index (χ3n) is 2.05. The Labute approximate surface area is 80.3 Å². The van der Waals surface area contributed by atoms with Gasteiger partial charge in [-0.1, -0.05) is 11.6 Å². The number of hydrogen-bond donors (Lipinski definition) is 2. The van der Waals surface area contributed by atoms with Crippen molar-refractivity contribution in [3.63, 3.8) is 0 Å². The van der Waals surface area contributed by atoms with E-state index in [2.05, 4.69) is 15.3 Å². The fourth-order valence-corrected chi connectivity index (χ4v) is 1.24. The molecule has 13 heavy (non-hydrogen) atoms. The highest BCUT2D eigenvalue weighted by molar-refractivity contribution is 6.32. The van der Waals surface area contributed by atoms with Crippen molar-refractivity contribution in [2.24, 2.45) is 5.92 Å². The van der Waals surface area contributed by atoms with Crippen LogP contribution in [0, 0.1) is 5.92 Å². The van der Waals surface area contributed by atoms with Gasteiger partial charge in [0.05, 0.1) is 6.33 Å². The molecule has 0 aliphatic heterocycles. The Kier molecular flexibility index (Phi) is 2.22. The van der Waals surface area contributed by atoms with E-state index in [4.69, 9.17) is 11.6 Å². The van der Waals surface area contributed by atoms with Gasteiger partial charge in [0.25, 0.3) is 5.56 Å². The normalized spacial score (nSPS) is 15.8. The number of nitrogens with zero attached hydrogens (tertiary/aromatic N) is 1. The van der Waals surface area contributed by atoms with Gasteiger partial charge in [-0.05, 0) is 18.8 Å². The van der Waals surface area contributed by atoms with Crippen LogP contribution in [0.25, 0.3) is 0 Å². The molecule has 1 saturated carbocycles. The van der Waals surface area contributed by atoms with Crippen LogP contribution >= 0.6 is 11.6 Å². The van der Waals surface area contributed by atoms with E-state index in [1.54, 1.807) is 0 Å². The van der Waals surface area contributed by atoms with Gasteiger partial charge in [-0.3, -0.25) is 4.79 Å².